The first kappa shape index (κ1) is 17.5. The van der Waals surface area contributed by atoms with Gasteiger partial charge in [-0.2, -0.15) is 5.10 Å². The highest BCUT2D eigenvalue weighted by molar-refractivity contribution is 5.67. The zero-order chi connectivity index (χ0) is 18.8. The molecule has 0 unspecified atom stereocenters. The molecule has 4 rings (SSSR count). The van der Waals surface area contributed by atoms with Crippen molar-refractivity contribution >= 4 is 5.97 Å². The van der Waals surface area contributed by atoms with E-state index < -0.39 is 5.97 Å². The van der Waals surface area contributed by atoms with E-state index in [4.69, 9.17) is 9.52 Å². The van der Waals surface area contributed by atoms with E-state index in [0.29, 0.717) is 6.42 Å². The molecule has 0 spiro atoms. The number of fused-ring (bicyclic) bond motifs is 1. The van der Waals surface area contributed by atoms with Crippen molar-refractivity contribution in [2.45, 2.75) is 39.4 Å². The molecule has 1 N–H and O–H groups in total. The average Bonchev–Trinajstić information content (AvgIpc) is 3.26. The fraction of sp³-hybridized carbons (Fsp3) is 0.333. The second kappa shape index (κ2) is 7.40. The molecule has 3 aromatic rings. The lowest BCUT2D eigenvalue weighted by Gasteiger charge is -2.27. The van der Waals surface area contributed by atoms with E-state index in [1.165, 1.54) is 5.56 Å². The fourth-order valence-electron chi connectivity index (χ4n) is 3.54. The molecule has 2 aromatic heterocycles. The molecule has 1 aliphatic rings. The van der Waals surface area contributed by atoms with Crippen molar-refractivity contribution in [1.29, 1.82) is 0 Å². The zero-order valence-electron chi connectivity index (χ0n) is 15.4. The number of hydrogen-bond donors (Lipinski definition) is 1. The van der Waals surface area contributed by atoms with Crippen LogP contribution in [0.15, 0.2) is 46.9 Å². The Bertz CT molecular complexity index is 957. The number of nitrogens with zero attached hydrogens (tertiary/aromatic N) is 3. The summed E-state index contributed by atoms with van der Waals surface area (Å²) in [5.41, 5.74) is 4.36. The van der Waals surface area contributed by atoms with Crippen molar-refractivity contribution in [3.63, 3.8) is 0 Å². The Morgan fingerprint density at radius 3 is 2.89 bits per heavy atom. The molecule has 0 saturated carbocycles. The molecule has 3 heterocycles. The number of carbonyl (C=O) groups is 1. The maximum absolute atomic E-state index is 10.8. The fourth-order valence-corrected chi connectivity index (χ4v) is 3.54. The number of aryl methyl sites for hydroxylation is 2. The van der Waals surface area contributed by atoms with E-state index in [9.17, 15) is 4.79 Å². The van der Waals surface area contributed by atoms with Gasteiger partial charge in [-0.05, 0) is 36.8 Å². The zero-order valence-corrected chi connectivity index (χ0v) is 15.4. The minimum atomic E-state index is -0.783. The lowest BCUT2D eigenvalue weighted by Crippen LogP contribution is -2.33. The Morgan fingerprint density at radius 2 is 2.11 bits per heavy atom. The maximum atomic E-state index is 10.8. The summed E-state index contributed by atoms with van der Waals surface area (Å²) >= 11 is 0. The number of rotatable bonds is 6. The molecule has 6 nitrogen and oxygen atoms in total. The third-order valence-electron chi connectivity index (χ3n) is 4.88. The monoisotopic (exact) mass is 365 g/mol. The van der Waals surface area contributed by atoms with Gasteiger partial charge in [-0.15, -0.1) is 0 Å². The number of aliphatic carboxylic acids is 1. The van der Waals surface area contributed by atoms with E-state index >= 15 is 0 Å². The summed E-state index contributed by atoms with van der Waals surface area (Å²) in [5.74, 6) is 1.03. The number of carboxylic acids is 1. The topological polar surface area (TPSA) is 71.5 Å². The largest absolute Gasteiger partial charge is 0.481 e. The smallest absolute Gasteiger partial charge is 0.303 e. The predicted molar refractivity (Wildman–Crippen MR) is 101 cm³/mol. The molecule has 0 fully saturated rings. The quantitative estimate of drug-likeness (QED) is 0.724. The van der Waals surface area contributed by atoms with Crippen molar-refractivity contribution in [2.24, 2.45) is 0 Å². The molecular formula is C21H23N3O3. The minimum absolute atomic E-state index is 0.124. The molecule has 0 bridgehead atoms. The van der Waals surface area contributed by atoms with Gasteiger partial charge in [0.2, 0.25) is 0 Å². The van der Waals surface area contributed by atoms with Gasteiger partial charge >= 0.3 is 5.97 Å². The first-order chi connectivity index (χ1) is 13.1. The molecule has 6 heteroatoms. The Kier molecular flexibility index (Phi) is 4.81. The summed E-state index contributed by atoms with van der Waals surface area (Å²) in [6.45, 7) is 5.40. The van der Waals surface area contributed by atoms with Crippen molar-refractivity contribution in [3.8, 4) is 11.3 Å². The van der Waals surface area contributed by atoms with Crippen LogP contribution >= 0.6 is 0 Å². The minimum Gasteiger partial charge on any atom is -0.481 e. The van der Waals surface area contributed by atoms with Gasteiger partial charge in [0.15, 0.2) is 0 Å². The Morgan fingerprint density at radius 1 is 1.22 bits per heavy atom. The van der Waals surface area contributed by atoms with E-state index in [1.807, 2.05) is 29.8 Å². The summed E-state index contributed by atoms with van der Waals surface area (Å²) in [5, 5.41) is 13.4. The number of hydrogen-bond acceptors (Lipinski definition) is 4. The van der Waals surface area contributed by atoms with Crippen LogP contribution < -0.4 is 0 Å². The van der Waals surface area contributed by atoms with E-state index in [-0.39, 0.29) is 6.42 Å². The molecule has 1 aliphatic heterocycles. The van der Waals surface area contributed by atoms with Crippen molar-refractivity contribution in [3.05, 3.63) is 65.2 Å². The van der Waals surface area contributed by atoms with Gasteiger partial charge in [-0.25, -0.2) is 0 Å². The summed E-state index contributed by atoms with van der Waals surface area (Å²) < 4.78 is 7.75. The number of benzene rings is 1. The molecule has 1 aromatic carbocycles. The highest BCUT2D eigenvalue weighted by atomic mass is 16.4. The van der Waals surface area contributed by atoms with Gasteiger partial charge in [0.05, 0.1) is 24.4 Å². The molecule has 0 saturated heterocycles. The van der Waals surface area contributed by atoms with Crippen LogP contribution in [0.4, 0.5) is 0 Å². The van der Waals surface area contributed by atoms with E-state index in [0.717, 1.165) is 54.7 Å². The SMILES string of the molecule is Cc1ccc(-c2cccc(CN3CCn4nc(CCC(=O)O)cc4C3)c2)o1. The van der Waals surface area contributed by atoms with Crippen LogP contribution in [0, 0.1) is 6.92 Å². The van der Waals surface area contributed by atoms with Crippen LogP contribution in [0.25, 0.3) is 11.3 Å². The first-order valence-electron chi connectivity index (χ1n) is 9.22. The second-order valence-corrected chi connectivity index (χ2v) is 7.07. The van der Waals surface area contributed by atoms with Gasteiger partial charge in [-0.3, -0.25) is 14.4 Å². The van der Waals surface area contributed by atoms with Crippen LogP contribution in [0.1, 0.15) is 29.1 Å². The van der Waals surface area contributed by atoms with Crippen LogP contribution in [-0.2, 0) is 30.8 Å². The van der Waals surface area contributed by atoms with Crippen molar-refractivity contribution in [1.82, 2.24) is 14.7 Å². The predicted octanol–water partition coefficient (Wildman–Crippen LogP) is 3.48. The normalized spacial score (nSPS) is 14.3. The summed E-state index contributed by atoms with van der Waals surface area (Å²) in [6.07, 6.45) is 0.610. The van der Waals surface area contributed by atoms with Crippen LogP contribution in [0.3, 0.4) is 0 Å². The molecule has 27 heavy (non-hydrogen) atoms. The lowest BCUT2D eigenvalue weighted by molar-refractivity contribution is -0.136. The Labute approximate surface area is 158 Å². The molecular weight excluding hydrogens is 342 g/mol. The molecule has 0 amide bonds. The Hall–Kier alpha value is -2.86. The van der Waals surface area contributed by atoms with Crippen LogP contribution in [0.2, 0.25) is 0 Å². The van der Waals surface area contributed by atoms with Crippen LogP contribution in [0.5, 0.6) is 0 Å². The maximum Gasteiger partial charge on any atom is 0.303 e. The van der Waals surface area contributed by atoms with Gasteiger partial charge < -0.3 is 9.52 Å². The molecule has 0 atom stereocenters. The third-order valence-corrected chi connectivity index (χ3v) is 4.88. The lowest BCUT2D eigenvalue weighted by atomic mass is 10.1. The first-order valence-corrected chi connectivity index (χ1v) is 9.22. The van der Waals surface area contributed by atoms with Crippen molar-refractivity contribution < 1.29 is 14.3 Å². The van der Waals surface area contributed by atoms with E-state index in [2.05, 4.69) is 34.3 Å². The summed E-state index contributed by atoms with van der Waals surface area (Å²) in [4.78, 5) is 13.1. The number of aromatic nitrogens is 2. The van der Waals surface area contributed by atoms with E-state index in [1.54, 1.807) is 0 Å². The second-order valence-electron chi connectivity index (χ2n) is 7.07. The molecule has 140 valence electrons. The highest BCUT2D eigenvalue weighted by Gasteiger charge is 2.19. The molecule has 0 radical (unpaired) electrons. The summed E-state index contributed by atoms with van der Waals surface area (Å²) in [7, 11) is 0. The van der Waals surface area contributed by atoms with Gasteiger partial charge in [0, 0.05) is 31.6 Å². The van der Waals surface area contributed by atoms with Gasteiger partial charge in [0.1, 0.15) is 11.5 Å². The number of carboxylic acid groups (broad SMARTS) is 1. The standard InChI is InChI=1S/C21H23N3O3/c1-15-5-7-20(27-15)17-4-2-3-16(11-17)13-23-9-10-24-19(14-23)12-18(22-24)6-8-21(25)26/h2-5,7,11-12H,6,8-10,13-14H2,1H3,(H,25,26). The van der Waals surface area contributed by atoms with Gasteiger partial charge in [0.25, 0.3) is 0 Å². The Balaban J connectivity index is 1.43. The van der Waals surface area contributed by atoms with Gasteiger partial charge in [-0.1, -0.05) is 18.2 Å². The summed E-state index contributed by atoms with van der Waals surface area (Å²) in [6, 6.07) is 14.5. The number of furan rings is 1. The van der Waals surface area contributed by atoms with Crippen LogP contribution in [-0.4, -0.2) is 32.3 Å². The average molecular weight is 365 g/mol. The van der Waals surface area contributed by atoms with Crippen molar-refractivity contribution in [2.75, 3.05) is 6.54 Å². The molecule has 0 aliphatic carbocycles. The third kappa shape index (κ3) is 4.11. The highest BCUT2D eigenvalue weighted by Crippen LogP contribution is 2.24.